The van der Waals surface area contributed by atoms with Crippen LogP contribution in [0.25, 0.3) is 0 Å². The normalized spacial score (nSPS) is 20.6. The Balaban J connectivity index is 2.04. The lowest BCUT2D eigenvalue weighted by Gasteiger charge is -2.18. The third-order valence-corrected chi connectivity index (χ3v) is 4.08. The van der Waals surface area contributed by atoms with Crippen molar-refractivity contribution in [3.05, 3.63) is 48.0 Å². The van der Waals surface area contributed by atoms with Gasteiger partial charge in [0.2, 0.25) is 0 Å². The molecule has 1 aromatic carbocycles. The fourth-order valence-electron chi connectivity index (χ4n) is 2.58. The predicted molar refractivity (Wildman–Crippen MR) is 86.7 cm³/mol. The zero-order chi connectivity index (χ0) is 16.8. The first-order valence-electron chi connectivity index (χ1n) is 7.93. The zero-order valence-electron chi connectivity index (χ0n) is 13.5. The molecule has 0 aliphatic carbocycles. The molecular formula is C18H23NO4. The highest BCUT2D eigenvalue weighted by Crippen LogP contribution is 2.18. The number of rotatable bonds is 6. The lowest BCUT2D eigenvalue weighted by molar-refractivity contribution is -0.124. The number of hydrogen-bond acceptors (Lipinski definition) is 4. The van der Waals surface area contributed by atoms with E-state index in [0.29, 0.717) is 12.8 Å². The molecule has 0 radical (unpaired) electrons. The Labute approximate surface area is 136 Å². The molecule has 2 amide bonds. The molecule has 0 spiro atoms. The lowest BCUT2D eigenvalue weighted by Crippen LogP contribution is -2.39. The van der Waals surface area contributed by atoms with Crippen LogP contribution in [0.3, 0.4) is 0 Å². The second kappa shape index (κ2) is 7.92. The van der Waals surface area contributed by atoms with E-state index in [9.17, 15) is 14.7 Å². The SMILES string of the molecule is CC[C@@H](O)[C@@H](C)C=CC(=O)N1C(=O)OC[C@@H]1Cc1ccccc1. The summed E-state index contributed by atoms with van der Waals surface area (Å²) < 4.78 is 5.03. The average Bonchev–Trinajstić information content (AvgIpc) is 2.93. The maximum atomic E-state index is 12.3. The van der Waals surface area contributed by atoms with E-state index in [4.69, 9.17) is 4.74 Å². The van der Waals surface area contributed by atoms with Crippen LogP contribution in [0.1, 0.15) is 25.8 Å². The average molecular weight is 317 g/mol. The molecule has 1 aromatic rings. The Bertz CT molecular complexity index is 570. The summed E-state index contributed by atoms with van der Waals surface area (Å²) in [5.41, 5.74) is 1.05. The highest BCUT2D eigenvalue weighted by atomic mass is 16.6. The van der Waals surface area contributed by atoms with Gasteiger partial charge in [0, 0.05) is 12.0 Å². The number of carbonyl (C=O) groups is 2. The Morgan fingerprint density at radius 2 is 2.13 bits per heavy atom. The molecule has 0 unspecified atom stereocenters. The van der Waals surface area contributed by atoms with Gasteiger partial charge in [-0.25, -0.2) is 9.69 Å². The zero-order valence-corrected chi connectivity index (χ0v) is 13.5. The summed E-state index contributed by atoms with van der Waals surface area (Å²) in [6, 6.07) is 9.39. The summed E-state index contributed by atoms with van der Waals surface area (Å²) in [6.07, 6.45) is 3.07. The van der Waals surface area contributed by atoms with Gasteiger partial charge in [0.05, 0.1) is 12.1 Å². The molecule has 23 heavy (non-hydrogen) atoms. The van der Waals surface area contributed by atoms with Crippen LogP contribution in [0.5, 0.6) is 0 Å². The molecule has 3 atom stereocenters. The Kier molecular flexibility index (Phi) is 5.93. The smallest absolute Gasteiger partial charge is 0.417 e. The van der Waals surface area contributed by atoms with E-state index in [1.807, 2.05) is 44.2 Å². The van der Waals surface area contributed by atoms with Gasteiger partial charge >= 0.3 is 6.09 Å². The van der Waals surface area contributed by atoms with Crippen molar-refractivity contribution in [2.75, 3.05) is 6.61 Å². The van der Waals surface area contributed by atoms with E-state index in [1.165, 1.54) is 6.08 Å². The third kappa shape index (κ3) is 4.42. The van der Waals surface area contributed by atoms with Crippen molar-refractivity contribution in [2.45, 2.75) is 38.8 Å². The van der Waals surface area contributed by atoms with Crippen molar-refractivity contribution in [3.8, 4) is 0 Å². The maximum absolute atomic E-state index is 12.3. The second-order valence-corrected chi connectivity index (χ2v) is 5.82. The summed E-state index contributed by atoms with van der Waals surface area (Å²) in [6.45, 7) is 3.92. The molecule has 1 heterocycles. The Morgan fingerprint density at radius 3 is 2.78 bits per heavy atom. The maximum Gasteiger partial charge on any atom is 0.417 e. The number of nitrogens with zero attached hydrogens (tertiary/aromatic N) is 1. The van der Waals surface area contributed by atoms with Crippen LogP contribution in [0.4, 0.5) is 4.79 Å². The van der Waals surface area contributed by atoms with Crippen LogP contribution in [0, 0.1) is 5.92 Å². The first-order valence-corrected chi connectivity index (χ1v) is 7.93. The van der Waals surface area contributed by atoms with Gasteiger partial charge in [0.1, 0.15) is 6.61 Å². The molecule has 0 saturated carbocycles. The van der Waals surface area contributed by atoms with E-state index >= 15 is 0 Å². The number of ether oxygens (including phenoxy) is 1. The van der Waals surface area contributed by atoms with E-state index in [0.717, 1.165) is 10.5 Å². The number of imide groups is 1. The van der Waals surface area contributed by atoms with Gasteiger partial charge in [-0.2, -0.15) is 0 Å². The number of amides is 2. The van der Waals surface area contributed by atoms with Gasteiger partial charge in [-0.1, -0.05) is 50.3 Å². The summed E-state index contributed by atoms with van der Waals surface area (Å²) in [5.74, 6) is -0.543. The number of carbonyl (C=O) groups excluding carboxylic acids is 2. The van der Waals surface area contributed by atoms with Crippen molar-refractivity contribution in [1.82, 2.24) is 4.90 Å². The fourth-order valence-corrected chi connectivity index (χ4v) is 2.58. The van der Waals surface area contributed by atoms with E-state index in [2.05, 4.69) is 0 Å². The van der Waals surface area contributed by atoms with Gasteiger partial charge in [-0.3, -0.25) is 4.79 Å². The Morgan fingerprint density at radius 1 is 1.43 bits per heavy atom. The molecule has 2 rings (SSSR count). The first kappa shape index (κ1) is 17.2. The molecular weight excluding hydrogens is 294 g/mol. The topological polar surface area (TPSA) is 66.8 Å². The molecule has 1 aliphatic heterocycles. The summed E-state index contributed by atoms with van der Waals surface area (Å²) in [4.78, 5) is 25.3. The van der Waals surface area contributed by atoms with Gasteiger partial charge in [0.15, 0.2) is 0 Å². The molecule has 1 saturated heterocycles. The van der Waals surface area contributed by atoms with Crippen molar-refractivity contribution >= 4 is 12.0 Å². The van der Waals surface area contributed by atoms with Crippen molar-refractivity contribution in [3.63, 3.8) is 0 Å². The van der Waals surface area contributed by atoms with E-state index < -0.39 is 18.1 Å². The van der Waals surface area contributed by atoms with Crippen LogP contribution in [-0.4, -0.2) is 40.8 Å². The molecule has 0 aromatic heterocycles. The second-order valence-electron chi connectivity index (χ2n) is 5.82. The molecule has 5 nitrogen and oxygen atoms in total. The minimum Gasteiger partial charge on any atom is -0.447 e. The minimum atomic E-state index is -0.607. The number of hydrogen-bond donors (Lipinski definition) is 1. The first-order chi connectivity index (χ1) is 11.0. The molecule has 124 valence electrons. The van der Waals surface area contributed by atoms with Crippen LogP contribution in [0.2, 0.25) is 0 Å². The van der Waals surface area contributed by atoms with Crippen LogP contribution < -0.4 is 0 Å². The summed E-state index contributed by atoms with van der Waals surface area (Å²) in [5, 5.41) is 9.74. The number of cyclic esters (lactones) is 1. The third-order valence-electron chi connectivity index (χ3n) is 4.08. The number of aliphatic hydroxyl groups excluding tert-OH is 1. The standard InChI is InChI=1S/C18H23NO4/c1-3-16(20)13(2)9-10-17(21)19-15(12-23-18(19)22)11-14-7-5-4-6-8-14/h4-10,13,15-16,20H,3,11-12H2,1-2H3/t13-,15-,16+/m0/s1. The Hall–Kier alpha value is -2.14. The minimum absolute atomic E-state index is 0.143. The fraction of sp³-hybridized carbons (Fsp3) is 0.444. The van der Waals surface area contributed by atoms with Crippen LogP contribution >= 0.6 is 0 Å². The molecule has 5 heteroatoms. The number of benzene rings is 1. The highest BCUT2D eigenvalue weighted by Gasteiger charge is 2.36. The monoisotopic (exact) mass is 317 g/mol. The van der Waals surface area contributed by atoms with Gasteiger partial charge in [0.25, 0.3) is 5.91 Å². The summed E-state index contributed by atoms with van der Waals surface area (Å²) >= 11 is 0. The molecule has 1 fully saturated rings. The van der Waals surface area contributed by atoms with E-state index in [-0.39, 0.29) is 18.6 Å². The van der Waals surface area contributed by atoms with Gasteiger partial charge in [-0.15, -0.1) is 0 Å². The van der Waals surface area contributed by atoms with Crippen molar-refractivity contribution < 1.29 is 19.4 Å². The summed E-state index contributed by atoms with van der Waals surface area (Å²) in [7, 11) is 0. The lowest BCUT2D eigenvalue weighted by atomic mass is 10.0. The van der Waals surface area contributed by atoms with Crippen molar-refractivity contribution in [2.24, 2.45) is 5.92 Å². The van der Waals surface area contributed by atoms with Gasteiger partial charge < -0.3 is 9.84 Å². The van der Waals surface area contributed by atoms with Crippen LogP contribution in [0.15, 0.2) is 42.5 Å². The van der Waals surface area contributed by atoms with E-state index in [1.54, 1.807) is 6.08 Å². The predicted octanol–water partition coefficient (Wildman–Crippen LogP) is 2.54. The number of aliphatic hydroxyl groups is 1. The quantitative estimate of drug-likeness (QED) is 0.819. The highest BCUT2D eigenvalue weighted by molar-refractivity contribution is 5.99. The largest absolute Gasteiger partial charge is 0.447 e. The van der Waals surface area contributed by atoms with Gasteiger partial charge in [-0.05, 0) is 18.4 Å². The molecule has 1 N–H and O–H groups in total. The molecule has 0 bridgehead atoms. The van der Waals surface area contributed by atoms with Crippen molar-refractivity contribution in [1.29, 1.82) is 0 Å². The molecule has 1 aliphatic rings. The van der Waals surface area contributed by atoms with Crippen LogP contribution in [-0.2, 0) is 16.0 Å².